The highest BCUT2D eigenvalue weighted by Gasteiger charge is 2.38. The average Bonchev–Trinajstić information content (AvgIpc) is 2.44. The van der Waals surface area contributed by atoms with Crippen LogP contribution in [0.25, 0.3) is 0 Å². The van der Waals surface area contributed by atoms with E-state index in [2.05, 4.69) is 24.1 Å². The van der Waals surface area contributed by atoms with Gasteiger partial charge in [-0.3, -0.25) is 4.90 Å². The van der Waals surface area contributed by atoms with Gasteiger partial charge in [0.15, 0.2) is 0 Å². The Kier molecular flexibility index (Phi) is 1.46. The lowest BCUT2D eigenvalue weighted by Gasteiger charge is -2.30. The van der Waals surface area contributed by atoms with Gasteiger partial charge < -0.3 is 5.32 Å². The second-order valence-corrected chi connectivity index (χ2v) is 3.79. The van der Waals surface area contributed by atoms with Crippen molar-refractivity contribution < 1.29 is 0 Å². The van der Waals surface area contributed by atoms with E-state index in [1.54, 1.807) is 0 Å². The summed E-state index contributed by atoms with van der Waals surface area (Å²) in [6, 6.07) is 2.41. The lowest BCUT2D eigenvalue weighted by atomic mass is 10.2. The molecule has 2 aliphatic rings. The third-order valence-corrected chi connectivity index (χ3v) is 2.76. The Hall–Kier alpha value is -0.0800. The highest BCUT2D eigenvalue weighted by atomic mass is 15.3. The van der Waals surface area contributed by atoms with E-state index in [1.165, 1.54) is 19.5 Å². The summed E-state index contributed by atoms with van der Waals surface area (Å²) in [5, 5.41) is 3.50. The molecule has 0 spiro atoms. The maximum Gasteiger partial charge on any atom is 0.0239 e. The fourth-order valence-corrected chi connectivity index (χ4v) is 2.23. The molecule has 0 aromatic carbocycles. The molecule has 0 amide bonds. The zero-order chi connectivity index (χ0) is 7.14. The summed E-state index contributed by atoms with van der Waals surface area (Å²) in [6.07, 6.45) is 1.39. The van der Waals surface area contributed by atoms with Crippen molar-refractivity contribution >= 4 is 0 Å². The average molecular weight is 140 g/mol. The Morgan fingerprint density at radius 3 is 2.60 bits per heavy atom. The van der Waals surface area contributed by atoms with Crippen LogP contribution in [-0.2, 0) is 0 Å². The number of hydrogen-bond acceptors (Lipinski definition) is 2. The van der Waals surface area contributed by atoms with Crippen LogP contribution < -0.4 is 5.32 Å². The first kappa shape index (κ1) is 6.62. The van der Waals surface area contributed by atoms with Gasteiger partial charge in [0.25, 0.3) is 0 Å². The third-order valence-electron chi connectivity index (χ3n) is 2.76. The summed E-state index contributed by atoms with van der Waals surface area (Å²) in [5.41, 5.74) is 0. The molecule has 0 radical (unpaired) electrons. The summed E-state index contributed by atoms with van der Waals surface area (Å²) in [4.78, 5) is 2.61. The molecule has 2 heterocycles. The van der Waals surface area contributed by atoms with Gasteiger partial charge in [0, 0.05) is 31.2 Å². The van der Waals surface area contributed by atoms with E-state index in [1.807, 2.05) is 0 Å². The molecule has 58 valence electrons. The van der Waals surface area contributed by atoms with Crippen molar-refractivity contribution in [2.75, 3.05) is 13.1 Å². The molecular weight excluding hydrogens is 124 g/mol. The molecule has 2 saturated heterocycles. The normalized spacial score (nSPS) is 39.9. The highest BCUT2D eigenvalue weighted by molar-refractivity contribution is 4.98. The smallest absolute Gasteiger partial charge is 0.0239 e. The van der Waals surface area contributed by atoms with E-state index < -0.39 is 0 Å². The fraction of sp³-hybridized carbons (Fsp3) is 1.00. The highest BCUT2D eigenvalue weighted by Crippen LogP contribution is 2.24. The number of likely N-dealkylation sites (tertiary alicyclic amines) is 1. The second kappa shape index (κ2) is 2.21. The van der Waals surface area contributed by atoms with Crippen LogP contribution in [0, 0.1) is 0 Å². The first-order valence-corrected chi connectivity index (χ1v) is 4.26. The van der Waals surface area contributed by atoms with E-state index in [4.69, 9.17) is 0 Å². The number of piperazine rings is 1. The van der Waals surface area contributed by atoms with Gasteiger partial charge in [0.1, 0.15) is 0 Å². The third kappa shape index (κ3) is 0.867. The van der Waals surface area contributed by atoms with Gasteiger partial charge in [0.05, 0.1) is 0 Å². The van der Waals surface area contributed by atoms with Crippen molar-refractivity contribution in [3.8, 4) is 0 Å². The van der Waals surface area contributed by atoms with Crippen LogP contribution in [-0.4, -0.2) is 36.1 Å². The number of fused-ring (bicyclic) bond motifs is 2. The van der Waals surface area contributed by atoms with E-state index in [0.717, 1.165) is 18.1 Å². The fourth-order valence-electron chi connectivity index (χ4n) is 2.23. The minimum Gasteiger partial charge on any atom is -0.311 e. The van der Waals surface area contributed by atoms with Crippen LogP contribution >= 0.6 is 0 Å². The minimum atomic E-state index is 0.747. The van der Waals surface area contributed by atoms with Gasteiger partial charge in [-0.25, -0.2) is 0 Å². The van der Waals surface area contributed by atoms with Crippen LogP contribution in [0.2, 0.25) is 0 Å². The maximum absolute atomic E-state index is 3.50. The Labute approximate surface area is 62.6 Å². The quantitative estimate of drug-likeness (QED) is 0.568. The van der Waals surface area contributed by atoms with Crippen molar-refractivity contribution in [2.24, 2.45) is 0 Å². The van der Waals surface area contributed by atoms with E-state index in [0.29, 0.717) is 0 Å². The summed E-state index contributed by atoms with van der Waals surface area (Å²) in [7, 11) is 0. The number of nitrogens with zero attached hydrogens (tertiary/aromatic N) is 1. The molecular formula is C8H16N2. The molecule has 10 heavy (non-hydrogen) atoms. The largest absolute Gasteiger partial charge is 0.311 e. The monoisotopic (exact) mass is 140 g/mol. The molecule has 2 atom stereocenters. The van der Waals surface area contributed by atoms with Crippen molar-refractivity contribution in [2.45, 2.75) is 38.4 Å². The van der Waals surface area contributed by atoms with Crippen LogP contribution in [0.5, 0.6) is 0 Å². The molecule has 1 N–H and O–H groups in total. The number of hydrogen-bond donors (Lipinski definition) is 1. The SMILES string of the molecule is CC(C)N1C[C@H]2C[C@H]1CN2. The molecule has 2 nitrogen and oxygen atoms in total. The topological polar surface area (TPSA) is 15.3 Å². The molecule has 0 saturated carbocycles. The molecule has 2 heteroatoms. The first-order chi connectivity index (χ1) is 4.77. The molecule has 2 rings (SSSR count). The second-order valence-electron chi connectivity index (χ2n) is 3.79. The van der Waals surface area contributed by atoms with E-state index >= 15 is 0 Å². The lowest BCUT2D eigenvalue weighted by molar-refractivity contribution is 0.181. The van der Waals surface area contributed by atoms with Gasteiger partial charge in [0.2, 0.25) is 0 Å². The Morgan fingerprint density at radius 1 is 1.50 bits per heavy atom. The summed E-state index contributed by atoms with van der Waals surface area (Å²) in [6.45, 7) is 7.09. The van der Waals surface area contributed by atoms with Gasteiger partial charge in [-0.1, -0.05) is 0 Å². The van der Waals surface area contributed by atoms with Crippen molar-refractivity contribution in [3.05, 3.63) is 0 Å². The minimum absolute atomic E-state index is 0.747. The number of nitrogens with one attached hydrogen (secondary N) is 1. The van der Waals surface area contributed by atoms with Gasteiger partial charge >= 0.3 is 0 Å². The Balaban J connectivity index is 2.02. The molecule has 2 fully saturated rings. The molecule has 0 aromatic heterocycles. The Bertz CT molecular complexity index is 133. The molecule has 2 bridgehead atoms. The summed E-state index contributed by atoms with van der Waals surface area (Å²) >= 11 is 0. The zero-order valence-electron chi connectivity index (χ0n) is 6.80. The lowest BCUT2D eigenvalue weighted by Crippen LogP contribution is -2.46. The standard InChI is InChI=1S/C8H16N2/c1-6(2)10-5-7-3-8(10)4-9-7/h6-9H,3-5H2,1-2H3/t7-,8+/m1/s1. The summed E-state index contributed by atoms with van der Waals surface area (Å²) < 4.78 is 0. The van der Waals surface area contributed by atoms with E-state index in [9.17, 15) is 0 Å². The number of rotatable bonds is 1. The molecule has 0 aromatic rings. The van der Waals surface area contributed by atoms with Gasteiger partial charge in [-0.05, 0) is 20.3 Å². The van der Waals surface area contributed by atoms with Gasteiger partial charge in [-0.15, -0.1) is 0 Å². The maximum atomic E-state index is 3.50. The molecule has 0 unspecified atom stereocenters. The summed E-state index contributed by atoms with van der Waals surface area (Å²) in [5.74, 6) is 0. The van der Waals surface area contributed by atoms with Gasteiger partial charge in [-0.2, -0.15) is 0 Å². The van der Waals surface area contributed by atoms with Crippen LogP contribution in [0.15, 0.2) is 0 Å². The Morgan fingerprint density at radius 2 is 2.30 bits per heavy atom. The zero-order valence-corrected chi connectivity index (χ0v) is 6.80. The predicted octanol–water partition coefficient (Wildman–Crippen LogP) is 0.441. The van der Waals surface area contributed by atoms with Crippen LogP contribution in [0.1, 0.15) is 20.3 Å². The molecule has 0 aliphatic carbocycles. The van der Waals surface area contributed by atoms with Crippen LogP contribution in [0.3, 0.4) is 0 Å². The van der Waals surface area contributed by atoms with Crippen molar-refractivity contribution in [1.29, 1.82) is 0 Å². The molecule has 2 aliphatic heterocycles. The van der Waals surface area contributed by atoms with Crippen molar-refractivity contribution in [1.82, 2.24) is 10.2 Å². The van der Waals surface area contributed by atoms with E-state index in [-0.39, 0.29) is 0 Å². The first-order valence-electron chi connectivity index (χ1n) is 4.26. The predicted molar refractivity (Wildman–Crippen MR) is 42.0 cm³/mol. The van der Waals surface area contributed by atoms with Crippen LogP contribution in [0.4, 0.5) is 0 Å². The van der Waals surface area contributed by atoms with Crippen molar-refractivity contribution in [3.63, 3.8) is 0 Å².